The summed E-state index contributed by atoms with van der Waals surface area (Å²) in [5.74, 6) is -0.218. The number of hydrogen-bond donors (Lipinski definition) is 1. The van der Waals surface area contributed by atoms with Crippen molar-refractivity contribution in [3.63, 3.8) is 0 Å². The Morgan fingerprint density at radius 1 is 1.03 bits per heavy atom. The van der Waals surface area contributed by atoms with E-state index in [4.69, 9.17) is 0 Å². The van der Waals surface area contributed by atoms with Gasteiger partial charge in [-0.3, -0.25) is 14.7 Å². The molecule has 1 aromatic heterocycles. The molecule has 1 atom stereocenters. The molecule has 1 saturated heterocycles. The highest BCUT2D eigenvalue weighted by molar-refractivity contribution is 7.12. The number of nitrogens with one attached hydrogen (secondary N) is 1. The van der Waals surface area contributed by atoms with Gasteiger partial charge in [-0.25, -0.2) is 9.82 Å². The van der Waals surface area contributed by atoms with Gasteiger partial charge in [-0.15, -0.1) is 11.3 Å². The topological polar surface area (TPSA) is 38.8 Å². The van der Waals surface area contributed by atoms with Crippen molar-refractivity contribution < 1.29 is 9.18 Å². The van der Waals surface area contributed by atoms with E-state index < -0.39 is 0 Å². The minimum absolute atomic E-state index is 0.0506. The number of halogens is 1. The quantitative estimate of drug-likeness (QED) is 0.568. The lowest BCUT2D eigenvalue weighted by Gasteiger charge is -2.41. The van der Waals surface area contributed by atoms with Gasteiger partial charge in [0.25, 0.3) is 5.91 Å². The number of thiophene rings is 1. The molecule has 3 heterocycles. The molecule has 1 fully saturated rings. The summed E-state index contributed by atoms with van der Waals surface area (Å²) in [5, 5.41) is 3.79. The van der Waals surface area contributed by atoms with Gasteiger partial charge in [0.15, 0.2) is 0 Å². The van der Waals surface area contributed by atoms with Crippen molar-refractivity contribution in [2.75, 3.05) is 18.1 Å². The number of anilines is 1. The van der Waals surface area contributed by atoms with Gasteiger partial charge in [0.2, 0.25) is 0 Å². The molecule has 0 radical (unpaired) electrons. The zero-order chi connectivity index (χ0) is 22.6. The van der Waals surface area contributed by atoms with Gasteiger partial charge in [0.1, 0.15) is 12.0 Å². The number of amides is 1. The molecule has 170 valence electrons. The molecule has 2 aromatic carbocycles. The van der Waals surface area contributed by atoms with E-state index in [1.165, 1.54) is 29.0 Å². The number of carbonyl (C=O) groups excluding carboxylic acids is 1. The molecule has 0 aliphatic carbocycles. The third-order valence-corrected chi connectivity index (χ3v) is 7.12. The van der Waals surface area contributed by atoms with Crippen molar-refractivity contribution >= 4 is 22.9 Å². The number of nitrogens with zero attached hydrogens (tertiary/aromatic N) is 3. The van der Waals surface area contributed by atoms with Gasteiger partial charge >= 0.3 is 0 Å². The van der Waals surface area contributed by atoms with Crippen LogP contribution in [0, 0.1) is 5.82 Å². The number of rotatable bonds is 6. The maximum Gasteiger partial charge on any atom is 0.265 e. The Balaban J connectivity index is 1.29. The molecular formula is C26H27FN4OS. The van der Waals surface area contributed by atoms with E-state index in [0.717, 1.165) is 43.0 Å². The average molecular weight is 463 g/mol. The van der Waals surface area contributed by atoms with Gasteiger partial charge in [-0.05, 0) is 60.2 Å². The van der Waals surface area contributed by atoms with Crippen LogP contribution in [0.5, 0.6) is 0 Å². The molecule has 1 N–H and O–H groups in total. The highest BCUT2D eigenvalue weighted by atomic mass is 32.1. The summed E-state index contributed by atoms with van der Waals surface area (Å²) >= 11 is 1.47. The zero-order valence-electron chi connectivity index (χ0n) is 18.3. The Kier molecular flexibility index (Phi) is 6.53. The monoisotopic (exact) mass is 462 g/mol. The predicted molar refractivity (Wildman–Crippen MR) is 130 cm³/mol. The Bertz CT molecular complexity index is 1080. The fraction of sp³-hybridized carbons (Fsp3) is 0.269. The standard InChI is InChI=1S/C26H27FN4OS/c27-21-8-10-22(11-9-21)30-17-14-25(28-30)31(26(32)24-7-4-18-33-24)23-12-15-29(16-13-23)19-20-5-2-1-3-6-20/h1-11,14,17-18,23,25,28H,12-13,15-16,19H2. The first-order valence-electron chi connectivity index (χ1n) is 11.3. The minimum Gasteiger partial charge on any atom is -0.314 e. The second kappa shape index (κ2) is 9.87. The highest BCUT2D eigenvalue weighted by Crippen LogP contribution is 2.27. The first-order valence-corrected chi connectivity index (χ1v) is 12.2. The minimum atomic E-state index is -0.268. The van der Waals surface area contributed by atoms with Crippen molar-refractivity contribution in [3.8, 4) is 0 Å². The number of hydrogen-bond acceptors (Lipinski definition) is 5. The first kappa shape index (κ1) is 21.8. The zero-order valence-corrected chi connectivity index (χ0v) is 19.1. The van der Waals surface area contributed by atoms with Crippen LogP contribution in [-0.2, 0) is 6.54 Å². The molecule has 2 aliphatic heterocycles. The van der Waals surface area contributed by atoms with Crippen molar-refractivity contribution in [1.29, 1.82) is 0 Å². The molecule has 7 heteroatoms. The van der Waals surface area contributed by atoms with Gasteiger partial charge in [-0.2, -0.15) is 0 Å². The third-order valence-electron chi connectivity index (χ3n) is 6.26. The summed E-state index contributed by atoms with van der Waals surface area (Å²) in [6.45, 7) is 2.84. The Hall–Kier alpha value is -3.00. The van der Waals surface area contributed by atoms with Gasteiger partial charge in [0.05, 0.1) is 10.6 Å². The number of benzene rings is 2. The van der Waals surface area contributed by atoms with E-state index in [2.05, 4.69) is 34.6 Å². The third kappa shape index (κ3) is 5.00. The first-order chi connectivity index (χ1) is 16.2. The van der Waals surface area contributed by atoms with E-state index in [1.54, 1.807) is 12.1 Å². The van der Waals surface area contributed by atoms with Crippen molar-refractivity contribution in [2.45, 2.75) is 31.6 Å². The molecule has 5 rings (SSSR count). The number of likely N-dealkylation sites (tertiary alicyclic amines) is 1. The van der Waals surface area contributed by atoms with E-state index in [1.807, 2.05) is 45.8 Å². The SMILES string of the molecule is O=C(c1cccs1)N(C1CCN(Cc2ccccc2)CC1)C1C=CN(c2ccc(F)cc2)N1. The molecule has 33 heavy (non-hydrogen) atoms. The summed E-state index contributed by atoms with van der Waals surface area (Å²) in [7, 11) is 0. The van der Waals surface area contributed by atoms with Crippen LogP contribution in [-0.4, -0.2) is 41.0 Å². The van der Waals surface area contributed by atoms with Crippen LogP contribution in [0.3, 0.4) is 0 Å². The molecule has 1 amide bonds. The van der Waals surface area contributed by atoms with Crippen molar-refractivity contribution in [3.05, 3.63) is 101 Å². The summed E-state index contributed by atoms with van der Waals surface area (Å²) < 4.78 is 13.3. The van der Waals surface area contributed by atoms with Crippen LogP contribution in [0.2, 0.25) is 0 Å². The van der Waals surface area contributed by atoms with Crippen LogP contribution in [0.25, 0.3) is 0 Å². The average Bonchev–Trinajstić information content (AvgIpc) is 3.55. The summed E-state index contributed by atoms with van der Waals surface area (Å²) in [6, 6.07) is 20.8. The lowest BCUT2D eigenvalue weighted by molar-refractivity contribution is 0.0463. The molecule has 0 bridgehead atoms. The lowest BCUT2D eigenvalue weighted by atomic mass is 10.0. The molecule has 0 spiro atoms. The lowest BCUT2D eigenvalue weighted by Crippen LogP contribution is -2.56. The normalized spacial score (nSPS) is 19.2. The van der Waals surface area contributed by atoms with Crippen LogP contribution < -0.4 is 10.4 Å². The maximum absolute atomic E-state index is 13.5. The largest absolute Gasteiger partial charge is 0.314 e. The molecule has 5 nitrogen and oxygen atoms in total. The van der Waals surface area contributed by atoms with Crippen LogP contribution in [0.15, 0.2) is 84.4 Å². The summed E-state index contributed by atoms with van der Waals surface area (Å²) in [4.78, 5) is 18.7. The van der Waals surface area contributed by atoms with Gasteiger partial charge in [0, 0.05) is 31.9 Å². The van der Waals surface area contributed by atoms with Gasteiger partial charge in [-0.1, -0.05) is 36.4 Å². The summed E-state index contributed by atoms with van der Waals surface area (Å²) in [6.07, 6.45) is 5.51. The molecule has 0 saturated carbocycles. The highest BCUT2D eigenvalue weighted by Gasteiger charge is 2.35. The molecule has 2 aliphatic rings. The molecular weight excluding hydrogens is 435 g/mol. The molecule has 3 aromatic rings. The van der Waals surface area contributed by atoms with Crippen molar-refractivity contribution in [2.24, 2.45) is 0 Å². The number of hydrazine groups is 1. The fourth-order valence-electron chi connectivity index (χ4n) is 4.56. The van der Waals surface area contributed by atoms with E-state index >= 15 is 0 Å². The van der Waals surface area contributed by atoms with E-state index in [9.17, 15) is 9.18 Å². The Morgan fingerprint density at radius 3 is 2.48 bits per heavy atom. The second-order valence-electron chi connectivity index (χ2n) is 8.44. The Morgan fingerprint density at radius 2 is 1.79 bits per heavy atom. The predicted octanol–water partition coefficient (Wildman–Crippen LogP) is 4.86. The van der Waals surface area contributed by atoms with Crippen LogP contribution in [0.4, 0.5) is 10.1 Å². The van der Waals surface area contributed by atoms with Crippen LogP contribution in [0.1, 0.15) is 28.1 Å². The van der Waals surface area contributed by atoms with Crippen LogP contribution >= 0.6 is 11.3 Å². The molecule has 1 unspecified atom stereocenters. The number of piperidine rings is 1. The number of carbonyl (C=O) groups is 1. The van der Waals surface area contributed by atoms with Gasteiger partial charge < -0.3 is 4.90 Å². The fourth-order valence-corrected chi connectivity index (χ4v) is 5.22. The van der Waals surface area contributed by atoms with E-state index in [-0.39, 0.29) is 23.9 Å². The summed E-state index contributed by atoms with van der Waals surface area (Å²) in [5.41, 5.74) is 5.56. The van der Waals surface area contributed by atoms with Crippen molar-refractivity contribution in [1.82, 2.24) is 15.2 Å². The van der Waals surface area contributed by atoms with E-state index in [0.29, 0.717) is 0 Å². The Labute approximate surface area is 197 Å². The maximum atomic E-state index is 13.5. The smallest absolute Gasteiger partial charge is 0.265 e. The second-order valence-corrected chi connectivity index (χ2v) is 9.39.